The quantitative estimate of drug-likeness (QED) is 0.643. The Bertz CT molecular complexity index is 182. The minimum absolute atomic E-state index is 0.411. The van der Waals surface area contributed by atoms with Crippen molar-refractivity contribution in [3.05, 3.63) is 0 Å². The molecule has 0 aromatic rings. The highest BCUT2D eigenvalue weighted by Gasteiger charge is 2.27. The summed E-state index contributed by atoms with van der Waals surface area (Å²) in [7, 11) is 0. The van der Waals surface area contributed by atoms with E-state index in [9.17, 15) is 0 Å². The number of ether oxygens (including phenoxy) is 1. The maximum absolute atomic E-state index is 5.41. The molecule has 2 heteroatoms. The summed E-state index contributed by atoms with van der Waals surface area (Å²) in [4.78, 5) is 0. The predicted molar refractivity (Wildman–Crippen MR) is 69.7 cm³/mol. The molecule has 0 amide bonds. The first-order valence-electron chi connectivity index (χ1n) is 6.85. The van der Waals surface area contributed by atoms with Gasteiger partial charge in [-0.25, -0.2) is 0 Å². The summed E-state index contributed by atoms with van der Waals surface area (Å²) in [6, 6.07) is 0.830. The lowest BCUT2D eigenvalue weighted by Crippen LogP contribution is -2.33. The maximum atomic E-state index is 5.41. The molecule has 0 radical (unpaired) electrons. The summed E-state index contributed by atoms with van der Waals surface area (Å²) < 4.78 is 5.41. The van der Waals surface area contributed by atoms with Gasteiger partial charge in [0, 0.05) is 19.3 Å². The van der Waals surface area contributed by atoms with Gasteiger partial charge in [0.05, 0.1) is 0 Å². The summed E-state index contributed by atoms with van der Waals surface area (Å²) in [5.41, 5.74) is 0.411. The number of hydrogen-bond acceptors (Lipinski definition) is 2. The Labute approximate surface area is 101 Å². The average Bonchev–Trinajstić information content (AvgIpc) is 2.98. The Kier molecular flexibility index (Phi) is 5.77. The normalized spacial score (nSPS) is 18.8. The van der Waals surface area contributed by atoms with Crippen molar-refractivity contribution < 1.29 is 4.74 Å². The first kappa shape index (κ1) is 14.0. The summed E-state index contributed by atoms with van der Waals surface area (Å²) in [6.45, 7) is 12.1. The average molecular weight is 227 g/mol. The summed E-state index contributed by atoms with van der Waals surface area (Å²) in [5.74, 6) is 0.772. The molecule has 0 aromatic heterocycles. The molecule has 1 N–H and O–H groups in total. The third-order valence-electron chi connectivity index (χ3n) is 3.50. The van der Waals surface area contributed by atoms with Crippen molar-refractivity contribution in [1.82, 2.24) is 5.32 Å². The fraction of sp³-hybridized carbons (Fsp3) is 1.00. The summed E-state index contributed by atoms with van der Waals surface area (Å²) in [5, 5.41) is 3.66. The molecule has 1 saturated carbocycles. The zero-order valence-corrected chi connectivity index (χ0v) is 11.5. The molecule has 16 heavy (non-hydrogen) atoms. The molecule has 1 aliphatic carbocycles. The molecular weight excluding hydrogens is 198 g/mol. The molecule has 0 aromatic carbocycles. The minimum Gasteiger partial charge on any atom is -0.382 e. The van der Waals surface area contributed by atoms with Gasteiger partial charge in [-0.2, -0.15) is 0 Å². The number of rotatable bonds is 8. The van der Waals surface area contributed by atoms with Crippen LogP contribution in [0, 0.1) is 11.3 Å². The van der Waals surface area contributed by atoms with E-state index in [1.807, 2.05) is 0 Å². The van der Waals surface area contributed by atoms with Crippen molar-refractivity contribution in [2.45, 2.75) is 59.4 Å². The van der Waals surface area contributed by atoms with Crippen molar-refractivity contribution >= 4 is 0 Å². The molecule has 2 nitrogen and oxygen atoms in total. The van der Waals surface area contributed by atoms with E-state index in [-0.39, 0.29) is 0 Å². The van der Waals surface area contributed by atoms with Crippen LogP contribution in [0.4, 0.5) is 0 Å². The van der Waals surface area contributed by atoms with Crippen LogP contribution < -0.4 is 5.32 Å². The van der Waals surface area contributed by atoms with E-state index in [2.05, 4.69) is 33.0 Å². The molecule has 1 fully saturated rings. The van der Waals surface area contributed by atoms with E-state index < -0.39 is 0 Å². The Morgan fingerprint density at radius 3 is 2.50 bits per heavy atom. The van der Waals surface area contributed by atoms with E-state index in [0.29, 0.717) is 5.41 Å². The van der Waals surface area contributed by atoms with Crippen molar-refractivity contribution in [3.63, 3.8) is 0 Å². The Balaban J connectivity index is 2.19. The van der Waals surface area contributed by atoms with Gasteiger partial charge in [0.25, 0.3) is 0 Å². The van der Waals surface area contributed by atoms with Gasteiger partial charge < -0.3 is 10.1 Å². The van der Waals surface area contributed by atoms with Crippen LogP contribution >= 0.6 is 0 Å². The molecule has 0 heterocycles. The molecule has 1 aliphatic rings. The van der Waals surface area contributed by atoms with Crippen LogP contribution in [0.1, 0.15) is 53.4 Å². The van der Waals surface area contributed by atoms with E-state index in [4.69, 9.17) is 4.74 Å². The highest BCUT2D eigenvalue weighted by Crippen LogP contribution is 2.30. The maximum Gasteiger partial charge on any atom is 0.0466 e. The van der Waals surface area contributed by atoms with Gasteiger partial charge in [0.15, 0.2) is 0 Å². The van der Waals surface area contributed by atoms with E-state index in [0.717, 1.165) is 25.2 Å². The molecule has 0 bridgehead atoms. The molecule has 0 aliphatic heterocycles. The molecule has 1 rings (SSSR count). The number of hydrogen-bond donors (Lipinski definition) is 1. The molecule has 1 atom stereocenters. The topological polar surface area (TPSA) is 21.3 Å². The second-order valence-corrected chi connectivity index (χ2v) is 6.08. The molecule has 96 valence electrons. The molecular formula is C14H29NO. The minimum atomic E-state index is 0.411. The monoisotopic (exact) mass is 227 g/mol. The van der Waals surface area contributed by atoms with Crippen LogP contribution in [0.5, 0.6) is 0 Å². The third kappa shape index (κ3) is 5.86. The summed E-state index contributed by atoms with van der Waals surface area (Å²) in [6.07, 6.45) is 5.25. The fourth-order valence-electron chi connectivity index (χ4n) is 2.01. The highest BCUT2D eigenvalue weighted by atomic mass is 16.5. The first-order chi connectivity index (χ1) is 7.54. The van der Waals surface area contributed by atoms with Gasteiger partial charge in [-0.3, -0.25) is 0 Å². The lowest BCUT2D eigenvalue weighted by Gasteiger charge is -2.31. The third-order valence-corrected chi connectivity index (χ3v) is 3.50. The van der Waals surface area contributed by atoms with E-state index >= 15 is 0 Å². The van der Waals surface area contributed by atoms with E-state index in [1.165, 1.54) is 32.2 Å². The highest BCUT2D eigenvalue weighted by molar-refractivity contribution is 4.84. The smallest absolute Gasteiger partial charge is 0.0466 e. The zero-order chi connectivity index (χ0) is 12.0. The van der Waals surface area contributed by atoms with Gasteiger partial charge in [-0.15, -0.1) is 0 Å². The predicted octanol–water partition coefficient (Wildman–Crippen LogP) is 3.22. The van der Waals surface area contributed by atoms with Crippen molar-refractivity contribution in [3.8, 4) is 0 Å². The van der Waals surface area contributed by atoms with Crippen molar-refractivity contribution in [2.75, 3.05) is 19.8 Å². The van der Waals surface area contributed by atoms with Gasteiger partial charge in [0.2, 0.25) is 0 Å². The molecule has 1 unspecified atom stereocenters. The Morgan fingerprint density at radius 2 is 2.00 bits per heavy atom. The van der Waals surface area contributed by atoms with Gasteiger partial charge in [-0.05, 0) is 50.5 Å². The SMILES string of the molecule is CCOCCCC(CNC1CC1)C(C)(C)C. The molecule has 0 spiro atoms. The lowest BCUT2D eigenvalue weighted by atomic mass is 9.78. The van der Waals surface area contributed by atoms with Crippen LogP contribution in [-0.4, -0.2) is 25.8 Å². The van der Waals surface area contributed by atoms with E-state index in [1.54, 1.807) is 0 Å². The van der Waals surface area contributed by atoms with Crippen LogP contribution in [-0.2, 0) is 4.74 Å². The second-order valence-electron chi connectivity index (χ2n) is 6.08. The lowest BCUT2D eigenvalue weighted by molar-refractivity contribution is 0.127. The largest absolute Gasteiger partial charge is 0.382 e. The summed E-state index contributed by atoms with van der Waals surface area (Å²) >= 11 is 0. The van der Waals surface area contributed by atoms with Crippen LogP contribution in [0.2, 0.25) is 0 Å². The number of nitrogens with one attached hydrogen (secondary N) is 1. The van der Waals surface area contributed by atoms with Gasteiger partial charge in [-0.1, -0.05) is 20.8 Å². The van der Waals surface area contributed by atoms with Crippen molar-refractivity contribution in [1.29, 1.82) is 0 Å². The fourth-order valence-corrected chi connectivity index (χ4v) is 2.01. The van der Waals surface area contributed by atoms with Gasteiger partial charge in [0.1, 0.15) is 0 Å². The van der Waals surface area contributed by atoms with Gasteiger partial charge >= 0.3 is 0 Å². The standard InChI is InChI=1S/C14H29NO/c1-5-16-10-6-7-12(14(2,3)4)11-15-13-8-9-13/h12-13,15H,5-11H2,1-4H3. The molecule has 0 saturated heterocycles. The second kappa shape index (κ2) is 6.61. The van der Waals surface area contributed by atoms with Crippen LogP contribution in [0.15, 0.2) is 0 Å². The zero-order valence-electron chi connectivity index (χ0n) is 11.5. The van der Waals surface area contributed by atoms with Crippen LogP contribution in [0.3, 0.4) is 0 Å². The first-order valence-corrected chi connectivity index (χ1v) is 6.85. The Morgan fingerprint density at radius 1 is 1.31 bits per heavy atom. The Hall–Kier alpha value is -0.0800. The van der Waals surface area contributed by atoms with Crippen LogP contribution in [0.25, 0.3) is 0 Å². The van der Waals surface area contributed by atoms with Crippen molar-refractivity contribution in [2.24, 2.45) is 11.3 Å².